The first kappa shape index (κ1) is 10.4. The van der Waals surface area contributed by atoms with E-state index in [9.17, 15) is 0 Å². The van der Waals surface area contributed by atoms with Crippen molar-refractivity contribution in [1.29, 1.82) is 0 Å². The Hall–Kier alpha value is -1.81. The lowest BCUT2D eigenvalue weighted by atomic mass is 10.3. The second-order valence-corrected chi connectivity index (χ2v) is 4.89. The average Bonchev–Trinajstić information content (AvgIpc) is 2.96. The number of nitrogens with zero attached hydrogens (tertiary/aromatic N) is 1. The second-order valence-electron chi connectivity index (χ2n) is 3.86. The fraction of sp³-hybridized carbons (Fsp3) is 0.154. The number of imidazole rings is 1. The molecule has 0 atom stereocenters. The van der Waals surface area contributed by atoms with Gasteiger partial charge in [-0.25, -0.2) is 4.98 Å². The zero-order chi connectivity index (χ0) is 11.5. The summed E-state index contributed by atoms with van der Waals surface area (Å²) in [6, 6.07) is 12.3. The van der Waals surface area contributed by atoms with Gasteiger partial charge in [-0.15, -0.1) is 11.3 Å². The highest BCUT2D eigenvalue weighted by atomic mass is 32.1. The van der Waals surface area contributed by atoms with Gasteiger partial charge in [-0.2, -0.15) is 0 Å². The molecule has 0 saturated carbocycles. The van der Waals surface area contributed by atoms with E-state index >= 15 is 0 Å². The Morgan fingerprint density at radius 3 is 2.94 bits per heavy atom. The topological polar surface area (TPSA) is 40.7 Å². The molecule has 3 rings (SSSR count). The highest BCUT2D eigenvalue weighted by Crippen LogP contribution is 2.14. The predicted octanol–water partition coefficient (Wildman–Crippen LogP) is 3.28. The van der Waals surface area contributed by atoms with Crippen LogP contribution in [0.3, 0.4) is 0 Å². The number of aromatic amines is 1. The van der Waals surface area contributed by atoms with Crippen molar-refractivity contribution in [1.82, 2.24) is 9.97 Å². The minimum atomic E-state index is 0.850. The van der Waals surface area contributed by atoms with Crippen LogP contribution in [0.2, 0.25) is 0 Å². The van der Waals surface area contributed by atoms with E-state index < -0.39 is 0 Å². The maximum atomic E-state index is 4.47. The van der Waals surface area contributed by atoms with Crippen LogP contribution >= 0.6 is 11.3 Å². The van der Waals surface area contributed by atoms with Gasteiger partial charge in [0, 0.05) is 11.4 Å². The lowest BCUT2D eigenvalue weighted by molar-refractivity contribution is 1.02. The fourth-order valence-electron chi connectivity index (χ4n) is 1.80. The molecule has 4 heteroatoms. The summed E-state index contributed by atoms with van der Waals surface area (Å²) in [6.07, 6.45) is 1.04. The number of fused-ring (bicyclic) bond motifs is 1. The van der Waals surface area contributed by atoms with Gasteiger partial charge in [-0.05, 0) is 30.0 Å². The van der Waals surface area contributed by atoms with Gasteiger partial charge in [0.05, 0.1) is 11.0 Å². The predicted molar refractivity (Wildman–Crippen MR) is 72.6 cm³/mol. The molecule has 0 fully saturated rings. The average molecular weight is 243 g/mol. The molecule has 3 aromatic rings. The summed E-state index contributed by atoms with van der Waals surface area (Å²) in [7, 11) is 0. The molecule has 1 aromatic carbocycles. The summed E-state index contributed by atoms with van der Waals surface area (Å²) in [6.45, 7) is 0.903. The Morgan fingerprint density at radius 2 is 2.12 bits per heavy atom. The van der Waals surface area contributed by atoms with Crippen molar-refractivity contribution in [3.63, 3.8) is 0 Å². The Kier molecular flexibility index (Phi) is 2.80. The van der Waals surface area contributed by atoms with Crippen LogP contribution in [0.1, 0.15) is 4.88 Å². The molecular formula is C13H13N3S. The van der Waals surface area contributed by atoms with Crippen molar-refractivity contribution in [2.24, 2.45) is 0 Å². The van der Waals surface area contributed by atoms with E-state index in [0.717, 1.165) is 29.9 Å². The van der Waals surface area contributed by atoms with Crippen LogP contribution in [0.15, 0.2) is 41.8 Å². The minimum Gasteiger partial charge on any atom is -0.355 e. The third-order valence-electron chi connectivity index (χ3n) is 2.63. The number of nitrogens with one attached hydrogen (secondary N) is 2. The lowest BCUT2D eigenvalue weighted by Gasteiger charge is -2.00. The Bertz CT molecular complexity index is 565. The maximum Gasteiger partial charge on any atom is 0.201 e. The van der Waals surface area contributed by atoms with Gasteiger partial charge in [0.15, 0.2) is 0 Å². The first-order valence-electron chi connectivity index (χ1n) is 5.63. The first-order valence-corrected chi connectivity index (χ1v) is 6.51. The molecule has 0 aliphatic carbocycles. The van der Waals surface area contributed by atoms with E-state index in [1.54, 1.807) is 11.3 Å². The van der Waals surface area contributed by atoms with E-state index in [2.05, 4.69) is 32.8 Å². The third-order valence-corrected chi connectivity index (χ3v) is 3.57. The van der Waals surface area contributed by atoms with Crippen LogP contribution in [0.25, 0.3) is 11.0 Å². The van der Waals surface area contributed by atoms with E-state index in [0.29, 0.717) is 0 Å². The van der Waals surface area contributed by atoms with Crippen LogP contribution in [0.4, 0.5) is 5.95 Å². The van der Waals surface area contributed by atoms with E-state index in [4.69, 9.17) is 0 Å². The molecule has 0 spiro atoms. The number of benzene rings is 1. The molecule has 17 heavy (non-hydrogen) atoms. The SMILES string of the molecule is c1csc(CCNc2nc3ccccc3[nH]2)c1. The molecular weight excluding hydrogens is 230 g/mol. The van der Waals surface area contributed by atoms with Gasteiger partial charge >= 0.3 is 0 Å². The highest BCUT2D eigenvalue weighted by molar-refractivity contribution is 7.09. The molecule has 0 aliphatic heterocycles. The normalized spacial score (nSPS) is 10.8. The maximum absolute atomic E-state index is 4.47. The number of thiophene rings is 1. The molecule has 0 aliphatic rings. The van der Waals surface area contributed by atoms with Crippen LogP contribution in [0, 0.1) is 0 Å². The van der Waals surface area contributed by atoms with E-state index in [-0.39, 0.29) is 0 Å². The van der Waals surface area contributed by atoms with E-state index in [1.807, 2.05) is 24.3 Å². The van der Waals surface area contributed by atoms with Crippen molar-refractivity contribution in [3.05, 3.63) is 46.7 Å². The summed E-state index contributed by atoms with van der Waals surface area (Å²) >= 11 is 1.79. The van der Waals surface area contributed by atoms with Crippen molar-refractivity contribution in [3.8, 4) is 0 Å². The molecule has 0 radical (unpaired) electrons. The Labute approximate surface area is 104 Å². The van der Waals surface area contributed by atoms with Crippen molar-refractivity contribution < 1.29 is 0 Å². The summed E-state index contributed by atoms with van der Waals surface area (Å²) in [4.78, 5) is 9.12. The number of para-hydroxylation sites is 2. The summed E-state index contributed by atoms with van der Waals surface area (Å²) in [5.74, 6) is 0.850. The third kappa shape index (κ3) is 2.31. The Morgan fingerprint density at radius 1 is 1.18 bits per heavy atom. The lowest BCUT2D eigenvalue weighted by Crippen LogP contribution is -2.04. The number of anilines is 1. The van der Waals surface area contributed by atoms with Crippen LogP contribution in [0.5, 0.6) is 0 Å². The van der Waals surface area contributed by atoms with Gasteiger partial charge < -0.3 is 10.3 Å². The molecule has 2 heterocycles. The molecule has 2 aromatic heterocycles. The molecule has 0 saturated heterocycles. The molecule has 0 bridgehead atoms. The van der Waals surface area contributed by atoms with Crippen LogP contribution in [-0.2, 0) is 6.42 Å². The largest absolute Gasteiger partial charge is 0.355 e. The minimum absolute atomic E-state index is 0.850. The molecule has 3 nitrogen and oxygen atoms in total. The summed E-state index contributed by atoms with van der Waals surface area (Å²) in [5.41, 5.74) is 2.08. The Balaban J connectivity index is 1.65. The quantitative estimate of drug-likeness (QED) is 0.738. The van der Waals surface area contributed by atoms with Gasteiger partial charge in [0.25, 0.3) is 0 Å². The molecule has 0 amide bonds. The molecule has 2 N–H and O–H groups in total. The number of rotatable bonds is 4. The standard InChI is InChI=1S/C13H13N3S/c1-2-6-12-11(5-1)15-13(16-12)14-8-7-10-4-3-9-17-10/h1-6,9H,7-8H2,(H2,14,15,16). The van der Waals surface area contributed by atoms with Crippen LogP contribution < -0.4 is 5.32 Å². The summed E-state index contributed by atoms with van der Waals surface area (Å²) in [5, 5.41) is 5.42. The first-order chi connectivity index (χ1) is 8.42. The number of aromatic nitrogens is 2. The second kappa shape index (κ2) is 4.59. The van der Waals surface area contributed by atoms with Gasteiger partial charge in [0.1, 0.15) is 0 Å². The van der Waals surface area contributed by atoms with Gasteiger partial charge in [0.2, 0.25) is 5.95 Å². The zero-order valence-corrected chi connectivity index (χ0v) is 10.1. The molecule has 86 valence electrons. The van der Waals surface area contributed by atoms with Crippen LogP contribution in [-0.4, -0.2) is 16.5 Å². The van der Waals surface area contributed by atoms with Crippen molar-refractivity contribution in [2.45, 2.75) is 6.42 Å². The zero-order valence-electron chi connectivity index (χ0n) is 9.31. The van der Waals surface area contributed by atoms with Crippen molar-refractivity contribution in [2.75, 3.05) is 11.9 Å². The summed E-state index contributed by atoms with van der Waals surface area (Å²) < 4.78 is 0. The highest BCUT2D eigenvalue weighted by Gasteiger charge is 2.00. The van der Waals surface area contributed by atoms with Gasteiger partial charge in [-0.3, -0.25) is 0 Å². The van der Waals surface area contributed by atoms with Crippen molar-refractivity contribution >= 4 is 28.3 Å². The number of H-pyrrole nitrogens is 1. The smallest absolute Gasteiger partial charge is 0.201 e. The van der Waals surface area contributed by atoms with E-state index in [1.165, 1.54) is 4.88 Å². The van der Waals surface area contributed by atoms with Gasteiger partial charge in [-0.1, -0.05) is 18.2 Å². The fourth-order valence-corrected chi connectivity index (χ4v) is 2.50. The monoisotopic (exact) mass is 243 g/mol. The number of hydrogen-bond acceptors (Lipinski definition) is 3. The number of hydrogen-bond donors (Lipinski definition) is 2. The molecule has 0 unspecified atom stereocenters.